The molecule has 0 fully saturated rings. The van der Waals surface area contributed by atoms with Crippen LogP contribution in [0.3, 0.4) is 0 Å². The average Bonchev–Trinajstić information content (AvgIpc) is 2.65. The number of carbonyl (C=O) groups excluding carboxylic acids is 1. The van der Waals surface area contributed by atoms with Gasteiger partial charge in [0.1, 0.15) is 0 Å². The van der Waals surface area contributed by atoms with E-state index in [0.717, 1.165) is 50.5 Å². The zero-order valence-electron chi connectivity index (χ0n) is 15.9. The molecule has 28 heavy (non-hydrogen) atoms. The normalized spacial score (nSPS) is 15.8. The summed E-state index contributed by atoms with van der Waals surface area (Å²) in [6, 6.07) is 20.2. The Morgan fingerprint density at radius 2 is 1.64 bits per heavy atom. The van der Waals surface area contributed by atoms with Crippen LogP contribution in [0.15, 0.2) is 60.7 Å². The minimum Gasteiger partial charge on any atom is -0.294 e. The zero-order valence-corrected chi connectivity index (χ0v) is 16.7. The number of hydrogen-bond donors (Lipinski definition) is 0. The lowest BCUT2D eigenvalue weighted by Gasteiger charge is -2.31. The maximum Gasteiger partial charge on any atom is 0.165 e. The third-order valence-electron chi connectivity index (χ3n) is 5.66. The predicted octanol–water partition coefficient (Wildman–Crippen LogP) is 6.86. The van der Waals surface area contributed by atoms with Gasteiger partial charge in [-0.05, 0) is 34.7 Å². The van der Waals surface area contributed by atoms with E-state index in [4.69, 9.17) is 16.6 Å². The largest absolute Gasteiger partial charge is 0.294 e. The summed E-state index contributed by atoms with van der Waals surface area (Å²) >= 11 is 6.62. The minimum absolute atomic E-state index is 0.0840. The molecule has 1 aliphatic rings. The van der Waals surface area contributed by atoms with Gasteiger partial charge in [-0.15, -0.1) is 0 Å². The van der Waals surface area contributed by atoms with Gasteiger partial charge in [-0.1, -0.05) is 74.0 Å². The van der Waals surface area contributed by atoms with Crippen LogP contribution in [0.4, 0.5) is 0 Å². The van der Waals surface area contributed by atoms with Crippen molar-refractivity contribution < 1.29 is 4.79 Å². The maximum atomic E-state index is 13.3. The summed E-state index contributed by atoms with van der Waals surface area (Å²) in [6.45, 7) is 4.27. The molecule has 0 N–H and O–H groups in total. The van der Waals surface area contributed by atoms with Gasteiger partial charge in [0, 0.05) is 33.5 Å². The van der Waals surface area contributed by atoms with E-state index in [0.29, 0.717) is 11.4 Å². The van der Waals surface area contributed by atoms with Crippen LogP contribution >= 0.6 is 11.6 Å². The van der Waals surface area contributed by atoms with Crippen LogP contribution in [0, 0.1) is 5.41 Å². The summed E-state index contributed by atoms with van der Waals surface area (Å²) in [6.07, 6.45) is 1.31. The Balaban J connectivity index is 2.01. The zero-order chi connectivity index (χ0) is 19.5. The standard InChI is InChI=1S/C25H20ClNO/c1-25(2)13-20-24(21(28)14-25)23(17-9-5-6-10-18(17)26)22-16-8-4-3-7-15(16)11-12-19(22)27-20/h3-12H,13-14H2,1-2H3. The Morgan fingerprint density at radius 3 is 2.46 bits per heavy atom. The van der Waals surface area contributed by atoms with E-state index >= 15 is 0 Å². The van der Waals surface area contributed by atoms with E-state index in [1.54, 1.807) is 0 Å². The molecule has 1 aromatic heterocycles. The lowest BCUT2D eigenvalue weighted by Crippen LogP contribution is -2.28. The van der Waals surface area contributed by atoms with Gasteiger partial charge in [0.2, 0.25) is 0 Å². The second-order valence-electron chi connectivity index (χ2n) is 8.41. The molecule has 3 heteroatoms. The second-order valence-corrected chi connectivity index (χ2v) is 8.82. The van der Waals surface area contributed by atoms with Gasteiger partial charge in [-0.3, -0.25) is 9.78 Å². The van der Waals surface area contributed by atoms with Crippen molar-refractivity contribution in [1.29, 1.82) is 0 Å². The third-order valence-corrected chi connectivity index (χ3v) is 5.99. The molecule has 0 amide bonds. The number of aromatic nitrogens is 1. The highest BCUT2D eigenvalue weighted by atomic mass is 35.5. The Labute approximate surface area is 169 Å². The Kier molecular flexibility index (Phi) is 3.82. The molecule has 0 radical (unpaired) electrons. The van der Waals surface area contributed by atoms with Gasteiger partial charge in [0.05, 0.1) is 11.2 Å². The van der Waals surface area contributed by atoms with E-state index < -0.39 is 0 Å². The molecule has 1 heterocycles. The molecule has 0 saturated carbocycles. The van der Waals surface area contributed by atoms with Crippen molar-refractivity contribution in [3.8, 4) is 11.1 Å². The Hall–Kier alpha value is -2.71. The molecule has 1 aliphatic carbocycles. The fourth-order valence-corrected chi connectivity index (χ4v) is 4.72. The monoisotopic (exact) mass is 385 g/mol. The first-order valence-corrected chi connectivity index (χ1v) is 9.95. The fraction of sp³-hybridized carbons (Fsp3) is 0.200. The van der Waals surface area contributed by atoms with Crippen molar-refractivity contribution in [2.45, 2.75) is 26.7 Å². The quantitative estimate of drug-likeness (QED) is 0.335. The SMILES string of the molecule is CC1(C)CC(=O)c2c(nc3ccc4ccccc4c3c2-c2ccccc2Cl)C1. The third kappa shape index (κ3) is 2.63. The maximum absolute atomic E-state index is 13.3. The Bertz CT molecular complexity index is 1270. The number of Topliss-reactive ketones (excluding diaryl/α,β-unsaturated/α-hetero) is 1. The van der Waals surface area contributed by atoms with Crippen molar-refractivity contribution in [3.05, 3.63) is 76.9 Å². The highest BCUT2D eigenvalue weighted by Crippen LogP contribution is 2.44. The van der Waals surface area contributed by atoms with Gasteiger partial charge in [0.15, 0.2) is 5.78 Å². The van der Waals surface area contributed by atoms with Crippen LogP contribution in [0.25, 0.3) is 32.8 Å². The topological polar surface area (TPSA) is 30.0 Å². The fourth-order valence-electron chi connectivity index (χ4n) is 4.49. The van der Waals surface area contributed by atoms with Gasteiger partial charge in [0.25, 0.3) is 0 Å². The number of nitrogens with zero attached hydrogens (tertiary/aromatic N) is 1. The van der Waals surface area contributed by atoms with Crippen LogP contribution in [0.5, 0.6) is 0 Å². The molecular formula is C25H20ClNO. The molecule has 138 valence electrons. The molecule has 0 saturated heterocycles. The minimum atomic E-state index is -0.0840. The van der Waals surface area contributed by atoms with Crippen LogP contribution in [-0.2, 0) is 6.42 Å². The number of carbonyl (C=O) groups is 1. The summed E-state index contributed by atoms with van der Waals surface area (Å²) in [5.74, 6) is 0.156. The molecule has 0 aliphatic heterocycles. The van der Waals surface area contributed by atoms with Crippen molar-refractivity contribution >= 4 is 39.1 Å². The number of hydrogen-bond acceptors (Lipinski definition) is 2. The molecule has 3 aromatic carbocycles. The summed E-state index contributed by atoms with van der Waals surface area (Å²) in [5.41, 5.74) is 4.30. The van der Waals surface area contributed by atoms with Crippen molar-refractivity contribution in [2.24, 2.45) is 5.41 Å². The number of benzene rings is 3. The van der Waals surface area contributed by atoms with Gasteiger partial charge in [-0.2, -0.15) is 0 Å². The van der Waals surface area contributed by atoms with Gasteiger partial charge < -0.3 is 0 Å². The van der Waals surface area contributed by atoms with Crippen molar-refractivity contribution in [2.75, 3.05) is 0 Å². The molecular weight excluding hydrogens is 366 g/mol. The first kappa shape index (κ1) is 17.4. The van der Waals surface area contributed by atoms with Crippen LogP contribution in [-0.4, -0.2) is 10.8 Å². The van der Waals surface area contributed by atoms with Gasteiger partial charge >= 0.3 is 0 Å². The number of ketones is 1. The number of fused-ring (bicyclic) bond motifs is 4. The van der Waals surface area contributed by atoms with Crippen LogP contribution < -0.4 is 0 Å². The molecule has 2 nitrogen and oxygen atoms in total. The highest BCUT2D eigenvalue weighted by Gasteiger charge is 2.35. The first-order chi connectivity index (χ1) is 13.4. The smallest absolute Gasteiger partial charge is 0.165 e. The highest BCUT2D eigenvalue weighted by molar-refractivity contribution is 6.34. The molecule has 0 unspecified atom stereocenters. The van der Waals surface area contributed by atoms with E-state index in [1.165, 1.54) is 0 Å². The number of pyridine rings is 1. The summed E-state index contributed by atoms with van der Waals surface area (Å²) < 4.78 is 0. The molecule has 5 rings (SSSR count). The molecule has 0 bridgehead atoms. The molecule has 4 aromatic rings. The summed E-state index contributed by atoms with van der Waals surface area (Å²) in [4.78, 5) is 18.3. The lowest BCUT2D eigenvalue weighted by atomic mass is 9.73. The van der Waals surface area contributed by atoms with Crippen molar-refractivity contribution in [3.63, 3.8) is 0 Å². The van der Waals surface area contributed by atoms with E-state index in [2.05, 4.69) is 38.1 Å². The van der Waals surface area contributed by atoms with Crippen molar-refractivity contribution in [1.82, 2.24) is 4.98 Å². The molecule has 0 spiro atoms. The second kappa shape index (κ2) is 6.15. The van der Waals surface area contributed by atoms with E-state index in [1.807, 2.05) is 36.4 Å². The summed E-state index contributed by atoms with van der Waals surface area (Å²) in [7, 11) is 0. The number of rotatable bonds is 1. The van der Waals surface area contributed by atoms with Crippen LogP contribution in [0.2, 0.25) is 5.02 Å². The van der Waals surface area contributed by atoms with Crippen LogP contribution in [0.1, 0.15) is 36.3 Å². The van der Waals surface area contributed by atoms with E-state index in [-0.39, 0.29) is 11.2 Å². The predicted molar refractivity (Wildman–Crippen MR) is 116 cm³/mol. The summed E-state index contributed by atoms with van der Waals surface area (Å²) in [5, 5.41) is 3.90. The molecule has 0 atom stereocenters. The number of halogens is 1. The lowest BCUT2D eigenvalue weighted by molar-refractivity contribution is 0.0911. The first-order valence-electron chi connectivity index (χ1n) is 9.57. The Morgan fingerprint density at radius 1 is 0.893 bits per heavy atom. The van der Waals surface area contributed by atoms with E-state index in [9.17, 15) is 4.79 Å². The van der Waals surface area contributed by atoms with Gasteiger partial charge in [-0.25, -0.2) is 0 Å². The average molecular weight is 386 g/mol.